The molecule has 0 aromatic heterocycles. The van der Waals surface area contributed by atoms with Gasteiger partial charge in [-0.3, -0.25) is 4.90 Å². The quantitative estimate of drug-likeness (QED) is 0.275. The molecule has 1 atom stereocenters. The van der Waals surface area contributed by atoms with Crippen molar-refractivity contribution in [3.63, 3.8) is 0 Å². The summed E-state index contributed by atoms with van der Waals surface area (Å²) in [7, 11) is 1.75. The minimum absolute atomic E-state index is 0.366. The van der Waals surface area contributed by atoms with Crippen molar-refractivity contribution in [2.45, 2.75) is 70.8 Å². The first-order valence-electron chi connectivity index (χ1n) is 15.3. The van der Waals surface area contributed by atoms with Crippen molar-refractivity contribution in [2.75, 3.05) is 44.8 Å². The van der Waals surface area contributed by atoms with E-state index in [4.69, 9.17) is 9.47 Å². The van der Waals surface area contributed by atoms with E-state index < -0.39 is 0 Å². The van der Waals surface area contributed by atoms with Crippen molar-refractivity contribution in [1.82, 2.24) is 4.90 Å². The van der Waals surface area contributed by atoms with Crippen LogP contribution in [0.2, 0.25) is 0 Å². The van der Waals surface area contributed by atoms with Gasteiger partial charge < -0.3 is 19.5 Å². The lowest BCUT2D eigenvalue weighted by Gasteiger charge is -2.32. The molecule has 40 heavy (non-hydrogen) atoms. The zero-order valence-electron chi connectivity index (χ0n) is 24.4. The highest BCUT2D eigenvalue weighted by Gasteiger charge is 2.25. The highest BCUT2D eigenvalue weighted by molar-refractivity contribution is 5.60. The average molecular weight is 543 g/mol. The number of aryl methyl sites for hydroxylation is 1. The van der Waals surface area contributed by atoms with E-state index >= 15 is 0 Å². The summed E-state index contributed by atoms with van der Waals surface area (Å²) in [5, 5.41) is 9.94. The fraction of sp³-hybridized carbons (Fsp3) is 0.486. The van der Waals surface area contributed by atoms with Gasteiger partial charge in [-0.05, 0) is 110 Å². The molecule has 1 N–H and O–H groups in total. The van der Waals surface area contributed by atoms with E-state index in [-0.39, 0.29) is 0 Å². The van der Waals surface area contributed by atoms with E-state index in [0.29, 0.717) is 11.7 Å². The topological polar surface area (TPSA) is 45.2 Å². The number of anilines is 1. The molecule has 1 aliphatic carbocycles. The fourth-order valence-corrected chi connectivity index (χ4v) is 6.39. The highest BCUT2D eigenvalue weighted by atomic mass is 16.5. The van der Waals surface area contributed by atoms with Crippen LogP contribution in [0.15, 0.2) is 60.7 Å². The van der Waals surface area contributed by atoms with Crippen LogP contribution in [0.25, 0.3) is 0 Å². The molecule has 1 saturated heterocycles. The number of phenols is 1. The Morgan fingerprint density at radius 1 is 0.900 bits per heavy atom. The number of benzene rings is 3. The van der Waals surface area contributed by atoms with Crippen LogP contribution in [0.3, 0.4) is 0 Å². The molecule has 0 amide bonds. The Morgan fingerprint density at radius 3 is 2.42 bits per heavy atom. The molecule has 1 unspecified atom stereocenters. The van der Waals surface area contributed by atoms with Gasteiger partial charge in [0.05, 0.1) is 7.11 Å². The largest absolute Gasteiger partial charge is 0.508 e. The van der Waals surface area contributed by atoms with Gasteiger partial charge in [-0.1, -0.05) is 44.0 Å². The summed E-state index contributed by atoms with van der Waals surface area (Å²) in [6.45, 7) is 8.25. The molecule has 1 fully saturated rings. The standard InChI is InChI=1S/C35H46N2O3/c1-3-18-37(26-27-8-14-32(15-9-27)40-22-21-36-19-6-4-5-7-20-36)35-25-33(39-2)16-17-34(35)30-11-10-29-24-31(38)13-12-28(29)23-30/h8-9,12-17,24-25,30,38H,3-7,10-11,18-23,26H2,1-2H3. The number of hydrogen-bond acceptors (Lipinski definition) is 5. The highest BCUT2D eigenvalue weighted by Crippen LogP contribution is 2.40. The number of ether oxygens (including phenoxy) is 2. The Hall–Kier alpha value is -3.18. The van der Waals surface area contributed by atoms with E-state index in [1.165, 1.54) is 66.7 Å². The van der Waals surface area contributed by atoms with Crippen LogP contribution in [0.4, 0.5) is 5.69 Å². The molecule has 5 nitrogen and oxygen atoms in total. The maximum absolute atomic E-state index is 9.94. The second kappa shape index (κ2) is 13.9. The van der Waals surface area contributed by atoms with Crippen LogP contribution in [0, 0.1) is 0 Å². The molecule has 214 valence electrons. The third kappa shape index (κ3) is 7.31. The van der Waals surface area contributed by atoms with Gasteiger partial charge in [-0.25, -0.2) is 0 Å². The van der Waals surface area contributed by atoms with E-state index in [1.54, 1.807) is 7.11 Å². The number of hydrogen-bond donors (Lipinski definition) is 1. The van der Waals surface area contributed by atoms with Gasteiger partial charge in [0.2, 0.25) is 0 Å². The normalized spacial score (nSPS) is 17.6. The molecule has 3 aromatic rings. The number of nitrogens with zero attached hydrogens (tertiary/aromatic N) is 2. The minimum atomic E-state index is 0.366. The molecular weight excluding hydrogens is 496 g/mol. The van der Waals surface area contributed by atoms with Crippen LogP contribution < -0.4 is 14.4 Å². The maximum atomic E-state index is 9.94. The molecule has 0 bridgehead atoms. The summed E-state index contributed by atoms with van der Waals surface area (Å²) in [6, 6.07) is 21.1. The first-order chi connectivity index (χ1) is 19.6. The average Bonchev–Trinajstić information content (AvgIpc) is 3.26. The Labute approximate surface area is 240 Å². The Bertz CT molecular complexity index is 1220. The predicted molar refractivity (Wildman–Crippen MR) is 164 cm³/mol. The number of likely N-dealkylation sites (tertiary alicyclic amines) is 1. The van der Waals surface area contributed by atoms with Crippen LogP contribution in [-0.4, -0.2) is 49.9 Å². The molecule has 3 aromatic carbocycles. The van der Waals surface area contributed by atoms with Crippen molar-refractivity contribution in [3.05, 3.63) is 82.9 Å². The van der Waals surface area contributed by atoms with E-state index in [9.17, 15) is 5.11 Å². The van der Waals surface area contributed by atoms with Crippen molar-refractivity contribution in [3.8, 4) is 17.2 Å². The van der Waals surface area contributed by atoms with Crippen LogP contribution in [0.1, 0.15) is 73.6 Å². The lowest BCUT2D eigenvalue weighted by Crippen LogP contribution is -2.29. The van der Waals surface area contributed by atoms with Crippen LogP contribution in [-0.2, 0) is 19.4 Å². The second-order valence-electron chi connectivity index (χ2n) is 11.5. The van der Waals surface area contributed by atoms with Gasteiger partial charge in [-0.2, -0.15) is 0 Å². The van der Waals surface area contributed by atoms with Crippen molar-refractivity contribution in [1.29, 1.82) is 0 Å². The molecule has 2 aliphatic rings. The molecule has 0 saturated carbocycles. The van der Waals surface area contributed by atoms with Crippen molar-refractivity contribution in [2.24, 2.45) is 0 Å². The molecular formula is C35H46N2O3. The SMILES string of the molecule is CCCN(Cc1ccc(OCCN2CCCCCC2)cc1)c1cc(OC)ccc1C1CCc2cc(O)ccc2C1. The molecule has 5 rings (SSSR count). The predicted octanol–water partition coefficient (Wildman–Crippen LogP) is 7.34. The monoisotopic (exact) mass is 542 g/mol. The van der Waals surface area contributed by atoms with Gasteiger partial charge in [0.1, 0.15) is 23.9 Å². The number of methoxy groups -OCH3 is 1. The number of aromatic hydroxyl groups is 1. The first-order valence-corrected chi connectivity index (χ1v) is 15.3. The summed E-state index contributed by atoms with van der Waals surface area (Å²) in [6.07, 6.45) is 9.51. The Morgan fingerprint density at radius 2 is 1.68 bits per heavy atom. The van der Waals surface area contributed by atoms with Crippen LogP contribution in [0.5, 0.6) is 17.2 Å². The zero-order valence-corrected chi connectivity index (χ0v) is 24.4. The maximum Gasteiger partial charge on any atom is 0.120 e. The summed E-state index contributed by atoms with van der Waals surface area (Å²) < 4.78 is 11.8. The van der Waals surface area contributed by atoms with Gasteiger partial charge in [-0.15, -0.1) is 0 Å². The van der Waals surface area contributed by atoms with Crippen molar-refractivity contribution < 1.29 is 14.6 Å². The van der Waals surface area contributed by atoms with Crippen molar-refractivity contribution >= 4 is 5.69 Å². The smallest absolute Gasteiger partial charge is 0.120 e. The molecule has 0 spiro atoms. The molecule has 5 heteroatoms. The third-order valence-electron chi connectivity index (χ3n) is 8.60. The van der Waals surface area contributed by atoms with Gasteiger partial charge >= 0.3 is 0 Å². The summed E-state index contributed by atoms with van der Waals surface area (Å²) in [5.74, 6) is 2.66. The molecule has 1 heterocycles. The number of phenolic OH excluding ortho intramolecular Hbond substituents is 1. The number of rotatable bonds is 11. The van der Waals surface area contributed by atoms with E-state index in [1.807, 2.05) is 12.1 Å². The number of fused-ring (bicyclic) bond motifs is 1. The fourth-order valence-electron chi connectivity index (χ4n) is 6.39. The van der Waals surface area contributed by atoms with Gasteiger partial charge in [0.25, 0.3) is 0 Å². The minimum Gasteiger partial charge on any atom is -0.508 e. The van der Waals surface area contributed by atoms with Gasteiger partial charge in [0.15, 0.2) is 0 Å². The van der Waals surface area contributed by atoms with E-state index in [2.05, 4.69) is 65.3 Å². The van der Waals surface area contributed by atoms with E-state index in [0.717, 1.165) is 63.4 Å². The lowest BCUT2D eigenvalue weighted by molar-refractivity contribution is 0.214. The first kappa shape index (κ1) is 28.4. The zero-order chi connectivity index (χ0) is 27.7. The lowest BCUT2D eigenvalue weighted by atomic mass is 9.79. The summed E-state index contributed by atoms with van der Waals surface area (Å²) in [5.41, 5.74) is 6.58. The Balaban J connectivity index is 1.28. The van der Waals surface area contributed by atoms with Gasteiger partial charge in [0, 0.05) is 31.4 Å². The summed E-state index contributed by atoms with van der Waals surface area (Å²) in [4.78, 5) is 5.06. The summed E-state index contributed by atoms with van der Waals surface area (Å²) >= 11 is 0. The molecule has 0 radical (unpaired) electrons. The van der Waals surface area contributed by atoms with Crippen LogP contribution >= 0.6 is 0 Å². The third-order valence-corrected chi connectivity index (χ3v) is 8.60. The Kier molecular flexibility index (Phi) is 9.88. The molecule has 1 aliphatic heterocycles. The second-order valence-corrected chi connectivity index (χ2v) is 11.5.